The van der Waals surface area contributed by atoms with Gasteiger partial charge in [0.15, 0.2) is 5.58 Å². The first kappa shape index (κ1) is 33.0. The van der Waals surface area contributed by atoms with Crippen LogP contribution in [0.2, 0.25) is 0 Å². The van der Waals surface area contributed by atoms with Crippen LogP contribution in [0.25, 0.3) is 55.3 Å². The molecule has 0 atom stereocenters. The van der Waals surface area contributed by atoms with Gasteiger partial charge in [0.1, 0.15) is 5.58 Å². The predicted molar refractivity (Wildman–Crippen MR) is 237 cm³/mol. The zero-order chi connectivity index (χ0) is 37.8. The van der Waals surface area contributed by atoms with E-state index in [4.69, 9.17) is 4.42 Å². The Morgan fingerprint density at radius 1 is 0.333 bits per heavy atom. The third-order valence-electron chi connectivity index (χ3n) is 11.8. The van der Waals surface area contributed by atoms with Crippen LogP contribution in [0.15, 0.2) is 229 Å². The minimum atomic E-state index is -0.527. The molecule has 1 aliphatic rings. The predicted octanol–water partition coefficient (Wildman–Crippen LogP) is 14.8. The zero-order valence-electron chi connectivity index (χ0n) is 31.2. The first-order valence-corrected chi connectivity index (χ1v) is 19.6. The Morgan fingerprint density at radius 3 is 1.49 bits per heavy atom. The Kier molecular flexibility index (Phi) is 7.75. The molecule has 1 aromatic heterocycles. The highest BCUT2D eigenvalue weighted by Gasteiger charge is 2.46. The van der Waals surface area contributed by atoms with E-state index >= 15 is 0 Å². The van der Waals surface area contributed by atoms with Gasteiger partial charge in [0.2, 0.25) is 0 Å². The van der Waals surface area contributed by atoms with Gasteiger partial charge < -0.3 is 9.32 Å². The van der Waals surface area contributed by atoms with Crippen LogP contribution in [0.3, 0.4) is 0 Å². The highest BCUT2D eigenvalue weighted by Crippen LogP contribution is 2.57. The van der Waals surface area contributed by atoms with Gasteiger partial charge in [-0.25, -0.2) is 0 Å². The van der Waals surface area contributed by atoms with Crippen molar-refractivity contribution in [2.75, 3.05) is 4.90 Å². The molecule has 0 radical (unpaired) electrons. The standard InChI is InChI=1S/C55H37NO/c1-5-19-38(20-6-1)43-29-17-30-46-47-31-18-34-52(54(47)57-53(43)46)56(42-25-11-4-12-26-42)51-36-35-41(37-48(51)39-21-7-2-8-22-39)55(40-23-9-3-10-24-40)49-32-15-13-27-44(49)45-28-14-16-33-50(45)55/h1-37H. The van der Waals surface area contributed by atoms with Crippen molar-refractivity contribution in [3.63, 3.8) is 0 Å². The fourth-order valence-corrected chi connectivity index (χ4v) is 9.34. The van der Waals surface area contributed by atoms with Crippen LogP contribution >= 0.6 is 0 Å². The highest BCUT2D eigenvalue weighted by molar-refractivity contribution is 6.14. The highest BCUT2D eigenvalue weighted by atomic mass is 16.3. The Morgan fingerprint density at radius 2 is 0.842 bits per heavy atom. The van der Waals surface area contributed by atoms with Crippen LogP contribution in [0, 0.1) is 0 Å². The van der Waals surface area contributed by atoms with Crippen molar-refractivity contribution < 1.29 is 4.42 Å². The van der Waals surface area contributed by atoms with Gasteiger partial charge in [-0.3, -0.25) is 0 Å². The fourth-order valence-electron chi connectivity index (χ4n) is 9.34. The molecule has 1 heterocycles. The lowest BCUT2D eigenvalue weighted by Gasteiger charge is -2.35. The molecular weight excluding hydrogens is 691 g/mol. The summed E-state index contributed by atoms with van der Waals surface area (Å²) in [6.45, 7) is 0. The van der Waals surface area contributed by atoms with Gasteiger partial charge in [-0.2, -0.15) is 0 Å². The average molecular weight is 728 g/mol. The third kappa shape index (κ3) is 5.11. The summed E-state index contributed by atoms with van der Waals surface area (Å²) in [5.74, 6) is 0. The summed E-state index contributed by atoms with van der Waals surface area (Å²) < 4.78 is 7.05. The van der Waals surface area contributed by atoms with E-state index in [-0.39, 0.29) is 0 Å². The van der Waals surface area contributed by atoms with Crippen LogP contribution in [0.1, 0.15) is 22.3 Å². The number of rotatable bonds is 7. The van der Waals surface area contributed by atoms with Gasteiger partial charge in [0.25, 0.3) is 0 Å². The van der Waals surface area contributed by atoms with Gasteiger partial charge in [-0.1, -0.05) is 194 Å². The lowest BCUT2D eigenvalue weighted by molar-refractivity contribution is 0.670. The molecular formula is C55H37NO. The summed E-state index contributed by atoms with van der Waals surface area (Å²) in [5, 5.41) is 2.18. The van der Waals surface area contributed by atoms with Gasteiger partial charge in [0, 0.05) is 27.6 Å². The molecule has 0 fully saturated rings. The largest absolute Gasteiger partial charge is 0.453 e. The minimum Gasteiger partial charge on any atom is -0.453 e. The summed E-state index contributed by atoms with van der Waals surface area (Å²) in [4.78, 5) is 2.38. The molecule has 0 spiro atoms. The minimum absolute atomic E-state index is 0.527. The Balaban J connectivity index is 1.20. The summed E-state index contributed by atoms with van der Waals surface area (Å²) in [5.41, 5.74) is 16.4. The molecule has 0 saturated carbocycles. The fraction of sp³-hybridized carbons (Fsp3) is 0.0182. The average Bonchev–Trinajstić information content (AvgIpc) is 3.83. The molecule has 0 aliphatic heterocycles. The zero-order valence-corrected chi connectivity index (χ0v) is 31.2. The van der Waals surface area contributed by atoms with E-state index in [1.165, 1.54) is 33.4 Å². The van der Waals surface area contributed by atoms with Crippen LogP contribution in [-0.2, 0) is 5.41 Å². The summed E-state index contributed by atoms with van der Waals surface area (Å²) >= 11 is 0. The van der Waals surface area contributed by atoms with E-state index in [9.17, 15) is 0 Å². The molecule has 57 heavy (non-hydrogen) atoms. The third-order valence-corrected chi connectivity index (χ3v) is 11.8. The summed E-state index contributed by atoms with van der Waals surface area (Å²) in [6, 6.07) is 81.1. The van der Waals surface area contributed by atoms with E-state index in [1.54, 1.807) is 0 Å². The van der Waals surface area contributed by atoms with Crippen LogP contribution in [0.5, 0.6) is 0 Å². The van der Waals surface area contributed by atoms with E-state index in [0.29, 0.717) is 0 Å². The molecule has 0 amide bonds. The topological polar surface area (TPSA) is 16.4 Å². The maximum atomic E-state index is 7.05. The molecule has 2 heteroatoms. The molecule has 0 N–H and O–H groups in total. The molecule has 9 aromatic carbocycles. The number of furan rings is 1. The quantitative estimate of drug-likeness (QED) is 0.163. The van der Waals surface area contributed by atoms with Crippen LogP contribution in [-0.4, -0.2) is 0 Å². The Hall–Kier alpha value is -7.42. The Bertz CT molecular complexity index is 3010. The number of nitrogens with zero attached hydrogens (tertiary/aromatic N) is 1. The molecule has 10 aromatic rings. The Labute approximate surface area is 332 Å². The molecule has 1 aliphatic carbocycles. The smallest absolute Gasteiger partial charge is 0.159 e. The van der Waals surface area contributed by atoms with E-state index in [2.05, 4.69) is 229 Å². The maximum Gasteiger partial charge on any atom is 0.159 e. The second kappa shape index (κ2) is 13.4. The molecule has 11 rings (SSSR count). The first-order chi connectivity index (χ1) is 28.3. The van der Waals surface area contributed by atoms with Crippen molar-refractivity contribution in [1.29, 1.82) is 0 Å². The van der Waals surface area contributed by atoms with Crippen molar-refractivity contribution in [2.24, 2.45) is 0 Å². The number of anilines is 3. The van der Waals surface area contributed by atoms with Crippen molar-refractivity contribution in [3.05, 3.63) is 247 Å². The molecule has 2 nitrogen and oxygen atoms in total. The van der Waals surface area contributed by atoms with Gasteiger partial charge in [-0.15, -0.1) is 0 Å². The van der Waals surface area contributed by atoms with Crippen LogP contribution < -0.4 is 4.90 Å². The van der Waals surface area contributed by atoms with Crippen molar-refractivity contribution in [1.82, 2.24) is 0 Å². The molecule has 0 bridgehead atoms. The maximum absolute atomic E-state index is 7.05. The normalized spacial score (nSPS) is 12.7. The number of hydrogen-bond donors (Lipinski definition) is 0. The summed E-state index contributed by atoms with van der Waals surface area (Å²) in [7, 11) is 0. The van der Waals surface area contributed by atoms with Gasteiger partial charge in [0.05, 0.1) is 16.8 Å². The lowest BCUT2D eigenvalue weighted by atomic mass is 9.67. The van der Waals surface area contributed by atoms with E-state index in [0.717, 1.165) is 61.3 Å². The monoisotopic (exact) mass is 727 g/mol. The second-order valence-corrected chi connectivity index (χ2v) is 14.8. The number of benzene rings is 9. The van der Waals surface area contributed by atoms with Gasteiger partial charge in [-0.05, 0) is 74.8 Å². The summed E-state index contributed by atoms with van der Waals surface area (Å²) in [6.07, 6.45) is 0. The van der Waals surface area contributed by atoms with E-state index in [1.807, 2.05) is 0 Å². The van der Waals surface area contributed by atoms with Crippen molar-refractivity contribution in [2.45, 2.75) is 5.41 Å². The van der Waals surface area contributed by atoms with Crippen molar-refractivity contribution >= 4 is 39.0 Å². The van der Waals surface area contributed by atoms with Gasteiger partial charge >= 0.3 is 0 Å². The number of para-hydroxylation sites is 3. The second-order valence-electron chi connectivity index (χ2n) is 14.8. The van der Waals surface area contributed by atoms with Crippen LogP contribution in [0.4, 0.5) is 17.1 Å². The number of fused-ring (bicyclic) bond motifs is 6. The first-order valence-electron chi connectivity index (χ1n) is 19.6. The SMILES string of the molecule is c1ccc(-c2cc(C3(c4ccccc4)c4ccccc4-c4ccccc43)ccc2N(c2ccccc2)c2cccc3c2oc2c(-c4ccccc4)cccc23)cc1. The van der Waals surface area contributed by atoms with Crippen molar-refractivity contribution in [3.8, 4) is 33.4 Å². The molecule has 268 valence electrons. The molecule has 0 unspecified atom stereocenters. The number of hydrogen-bond acceptors (Lipinski definition) is 2. The van der Waals surface area contributed by atoms with E-state index < -0.39 is 5.41 Å². The lowest BCUT2D eigenvalue weighted by Crippen LogP contribution is -2.28. The molecule has 0 saturated heterocycles.